The number of carboxylic acids is 1. The molecule has 0 spiro atoms. The van der Waals surface area contributed by atoms with Gasteiger partial charge in [-0.15, -0.1) is 0 Å². The summed E-state index contributed by atoms with van der Waals surface area (Å²) in [5.41, 5.74) is 17.6. The number of rotatable bonds is 17. The van der Waals surface area contributed by atoms with Gasteiger partial charge in [0.15, 0.2) is 0 Å². The van der Waals surface area contributed by atoms with E-state index < -0.39 is 265 Å². The van der Waals surface area contributed by atoms with E-state index in [4.69, 9.17) is 17.2 Å². The van der Waals surface area contributed by atoms with E-state index in [-0.39, 0.29) is 56.0 Å². The van der Waals surface area contributed by atoms with Crippen molar-refractivity contribution in [1.82, 2.24) is 99.3 Å². The topological polar surface area (TPSA) is 675 Å². The third-order valence-corrected chi connectivity index (χ3v) is 21.8. The minimum atomic E-state index is -1.96. The molecular formula is C63H96N22O21S4. The highest BCUT2D eigenvalue weighted by molar-refractivity contribution is 8.77. The van der Waals surface area contributed by atoms with Crippen molar-refractivity contribution < 1.29 is 102 Å². The zero-order valence-corrected chi connectivity index (χ0v) is 64.1. The van der Waals surface area contributed by atoms with Crippen LogP contribution >= 0.6 is 43.2 Å². The van der Waals surface area contributed by atoms with Gasteiger partial charge in [-0.25, -0.2) is 9.97 Å². The van der Waals surface area contributed by atoms with E-state index in [1.165, 1.54) is 52.7 Å². The number of imidazole rings is 2. The number of H-pyrrole nitrogens is 2. The molecule has 3 aliphatic heterocycles. The third kappa shape index (κ3) is 28.9. The minimum Gasteiger partial charge on any atom is -0.481 e. The number of aromatic amines is 2. The quantitative estimate of drug-likeness (QED) is 0.0654. The van der Waals surface area contributed by atoms with Crippen molar-refractivity contribution in [3.8, 4) is 0 Å². The second-order valence-corrected chi connectivity index (χ2v) is 31.6. The molecule has 2 aromatic heterocycles. The number of carboxylic acid groups (broad SMARTS) is 1. The minimum absolute atomic E-state index is 0.0467. The number of carbonyl (C=O) groups is 18. The van der Waals surface area contributed by atoms with Crippen molar-refractivity contribution in [2.75, 3.05) is 49.3 Å². The number of nitrogens with zero attached hydrogens (tertiary/aromatic N) is 3. The van der Waals surface area contributed by atoms with Crippen molar-refractivity contribution in [1.29, 1.82) is 0 Å². The maximum atomic E-state index is 14.8. The van der Waals surface area contributed by atoms with E-state index in [0.717, 1.165) is 48.1 Å². The van der Waals surface area contributed by atoms with E-state index in [1.807, 2.05) is 0 Å². The van der Waals surface area contributed by atoms with Gasteiger partial charge < -0.3 is 122 Å². The molecule has 0 aliphatic carbocycles. The first-order valence-corrected chi connectivity index (χ1v) is 39.7. The SMILES string of the molecule is CC(C)C[C@@H]1NC(=O)[C@H](CCC(=O)O)NC(=O)[C@@H]2CCCN2C(=O)[C@H](Cc2cnc[nH]2)NC(=O)[C@H](CC(N)=O)NC(=O)[C@H](C(C)C)NC(=O)[C@H](CO)NC(=O)[C@@H]2CSSC[C@H](NC(=O)CN)C(=O)N[C@@H](CSSC[C@@H](C(N)=O)NC1=O)C(=O)N[C@@H](CO)C(=O)N[C@@H](Cc1cnc[nH]1)C(=O)N[C@@H](C)C(=O)N[C@@H](C)C(=O)N2. The normalized spacial score (nSPS) is 27.7. The van der Waals surface area contributed by atoms with Gasteiger partial charge in [0.1, 0.15) is 90.6 Å². The van der Waals surface area contributed by atoms with Gasteiger partial charge in [0, 0.05) is 72.6 Å². The largest absolute Gasteiger partial charge is 0.481 e. The van der Waals surface area contributed by atoms with Crippen LogP contribution in [0.1, 0.15) is 91.5 Å². The monoisotopic (exact) mass is 1620 g/mol. The van der Waals surface area contributed by atoms with Crippen LogP contribution in [0.3, 0.4) is 0 Å². The van der Waals surface area contributed by atoms with Crippen LogP contribution in [0.5, 0.6) is 0 Å². The van der Waals surface area contributed by atoms with E-state index in [9.17, 15) is 102 Å². The molecule has 3 saturated heterocycles. The number of aromatic nitrogens is 4. The molecule has 608 valence electrons. The zero-order valence-electron chi connectivity index (χ0n) is 60.8. The van der Waals surface area contributed by atoms with Gasteiger partial charge >= 0.3 is 5.97 Å². The molecule has 3 fully saturated rings. The first kappa shape index (κ1) is 90.8. The molecule has 0 aromatic carbocycles. The van der Waals surface area contributed by atoms with Gasteiger partial charge in [0.25, 0.3) is 0 Å². The van der Waals surface area contributed by atoms with E-state index >= 15 is 0 Å². The Labute approximate surface area is 645 Å². The maximum Gasteiger partial charge on any atom is 0.303 e. The van der Waals surface area contributed by atoms with E-state index in [1.54, 1.807) is 13.8 Å². The fourth-order valence-corrected chi connectivity index (χ4v) is 15.6. The maximum absolute atomic E-state index is 14.8. The van der Waals surface area contributed by atoms with Gasteiger partial charge in [-0.3, -0.25) is 86.3 Å². The second kappa shape index (κ2) is 44.7. The molecule has 5 heterocycles. The molecule has 2 aromatic rings. The third-order valence-electron chi connectivity index (χ3n) is 17.0. The number of aliphatic hydroxyl groups excluding tert-OH is 2. The Kier molecular flexibility index (Phi) is 36.9. The van der Waals surface area contributed by atoms with Crippen LogP contribution < -0.4 is 91.6 Å². The summed E-state index contributed by atoms with van der Waals surface area (Å²) in [5.74, 6) is -23.0. The highest BCUT2D eigenvalue weighted by Gasteiger charge is 2.43. The lowest BCUT2D eigenvalue weighted by Crippen LogP contribution is -2.62. The first-order valence-electron chi connectivity index (χ1n) is 34.7. The van der Waals surface area contributed by atoms with Gasteiger partial charge in [-0.05, 0) is 51.4 Å². The predicted molar refractivity (Wildman–Crippen MR) is 395 cm³/mol. The van der Waals surface area contributed by atoms with Crippen molar-refractivity contribution in [3.05, 3.63) is 36.4 Å². The number of nitrogens with two attached hydrogens (primary N) is 3. The molecule has 15 atom stereocenters. The molecule has 17 amide bonds. The summed E-state index contributed by atoms with van der Waals surface area (Å²) in [4.78, 5) is 266. The first-order chi connectivity index (χ1) is 52.0. The number of carbonyl (C=O) groups excluding carboxylic acids is 17. The lowest BCUT2D eigenvalue weighted by atomic mass is 10.0. The lowest BCUT2D eigenvalue weighted by Gasteiger charge is -2.31. The Hall–Kier alpha value is -9.84. The molecule has 3 aliphatic rings. The van der Waals surface area contributed by atoms with Crippen LogP contribution in [0.2, 0.25) is 0 Å². The van der Waals surface area contributed by atoms with Crippen LogP contribution in [0.4, 0.5) is 0 Å². The smallest absolute Gasteiger partial charge is 0.303 e. The zero-order chi connectivity index (χ0) is 81.6. The molecule has 25 N–H and O–H groups in total. The van der Waals surface area contributed by atoms with Crippen LogP contribution in [-0.4, -0.2) is 286 Å². The standard InChI is InChI=1S/C63H96N22O21S4/c1-27(2)12-34-54(97)81-40(49(66)92)21-107-109-24-43-60(103)79-38(19-86)56(99)76-35(13-31-17-67-25-69-31)53(96)72-29(5)50(93)71-30(6)51(94)82-42(23-110-108-22-41(58(101)83-43)73-46(89)16-64)59(102)80-39(20-87)57(100)84-48(28(3)4)62(105)77-36(15-45(65)88)55(98)78-37(14-32-18-68-26-70-32)63(106)85-11-7-8-44(85)61(104)74-33(52(95)75-34)9-10-47(90)91/h17-18,25-30,33-44,48,86-87H,7-16,19-24,64H2,1-6H3,(H2,65,88)(H2,66,92)(H,67,69)(H,68,70)(H,71,93)(H,72,96)(H,73,89)(H,74,104)(H,75,95)(H,76,99)(H,77,105)(H,78,98)(H,79,103)(H,80,102)(H,81,97)(H,82,94)(H,83,101)(H,84,100)(H,90,91)/t29-,30-,33-,34-,35-,36-,37-,38-,39-,40-,41-,42-,43-,44-,48-/m0/s1. The number of fused-ring (bicyclic) bond motifs is 9. The Morgan fingerprint density at radius 3 is 1.53 bits per heavy atom. The lowest BCUT2D eigenvalue weighted by molar-refractivity contribution is -0.143. The number of hydrogen-bond acceptors (Lipinski definition) is 27. The van der Waals surface area contributed by atoms with Gasteiger partial charge in [0.2, 0.25) is 100 Å². The summed E-state index contributed by atoms with van der Waals surface area (Å²) in [7, 11) is 3.13. The molecule has 0 saturated carbocycles. The summed E-state index contributed by atoms with van der Waals surface area (Å²) in [6.07, 6.45) is 2.17. The Morgan fingerprint density at radius 1 is 0.536 bits per heavy atom. The Morgan fingerprint density at radius 2 is 1.00 bits per heavy atom. The van der Waals surface area contributed by atoms with Crippen LogP contribution in [-0.2, 0) is 99.1 Å². The summed E-state index contributed by atoms with van der Waals surface area (Å²) < 4.78 is 0. The van der Waals surface area contributed by atoms with Crippen molar-refractivity contribution in [3.63, 3.8) is 0 Å². The predicted octanol–water partition coefficient (Wildman–Crippen LogP) is -9.60. The fraction of sp³-hybridized carbons (Fsp3) is 0.619. The number of aliphatic hydroxyl groups is 2. The second-order valence-electron chi connectivity index (χ2n) is 26.5. The number of aliphatic carboxylic acids is 1. The van der Waals surface area contributed by atoms with E-state index in [0.29, 0.717) is 0 Å². The van der Waals surface area contributed by atoms with Gasteiger partial charge in [-0.2, -0.15) is 0 Å². The number of primary amides is 2. The number of hydrogen-bond donors (Lipinski definition) is 22. The number of nitrogens with one attached hydrogen (secondary N) is 16. The Bertz CT molecular complexity index is 3620. The van der Waals surface area contributed by atoms with Gasteiger partial charge in [-0.1, -0.05) is 70.9 Å². The molecule has 2 bridgehead atoms. The fourth-order valence-electron chi connectivity index (χ4n) is 10.9. The van der Waals surface area contributed by atoms with Crippen molar-refractivity contribution >= 4 is 150 Å². The molecule has 47 heteroatoms. The summed E-state index contributed by atoms with van der Waals surface area (Å²) in [6, 6.07) is -25.1. The van der Waals surface area contributed by atoms with Crippen LogP contribution in [0.25, 0.3) is 0 Å². The van der Waals surface area contributed by atoms with Crippen molar-refractivity contribution in [2.24, 2.45) is 29.0 Å². The summed E-state index contributed by atoms with van der Waals surface area (Å²) >= 11 is 0. The van der Waals surface area contributed by atoms with E-state index in [2.05, 4.69) is 94.4 Å². The van der Waals surface area contributed by atoms with Crippen LogP contribution in [0, 0.1) is 11.8 Å². The number of amides is 17. The molecule has 0 radical (unpaired) electrons. The molecule has 5 rings (SSSR count). The molecular weight excluding hydrogens is 1530 g/mol. The van der Waals surface area contributed by atoms with Gasteiger partial charge in [0.05, 0.1) is 38.8 Å². The summed E-state index contributed by atoms with van der Waals surface area (Å²) in [5, 5.41) is 65.1. The Balaban J connectivity index is 1.64. The average Bonchev–Trinajstić information content (AvgIpc) is 1.19. The molecule has 43 nitrogen and oxygen atoms in total. The summed E-state index contributed by atoms with van der Waals surface area (Å²) in [6.45, 7) is 5.49. The van der Waals surface area contributed by atoms with Crippen LogP contribution in [0.15, 0.2) is 25.0 Å². The highest BCUT2D eigenvalue weighted by atomic mass is 33.1. The molecule has 0 unspecified atom stereocenters. The average molecular weight is 1630 g/mol. The van der Waals surface area contributed by atoms with Crippen molar-refractivity contribution in [2.45, 2.75) is 184 Å². The highest BCUT2D eigenvalue weighted by Crippen LogP contribution is 2.26. The molecule has 110 heavy (non-hydrogen) atoms.